The van der Waals surface area contributed by atoms with Crippen molar-refractivity contribution in [3.05, 3.63) is 68.2 Å². The van der Waals surface area contributed by atoms with E-state index in [1.54, 1.807) is 18.2 Å². The SMILES string of the molecule is Cc1cc(C)c(C(=O)c2ccc(Cl)cc2Cl)cc1C. The molecule has 0 unspecified atom stereocenters. The summed E-state index contributed by atoms with van der Waals surface area (Å²) in [5, 5.41) is 0.911. The molecule has 0 amide bonds. The van der Waals surface area contributed by atoms with Gasteiger partial charge in [-0.05, 0) is 61.7 Å². The van der Waals surface area contributed by atoms with Gasteiger partial charge in [0.05, 0.1) is 5.02 Å². The fourth-order valence-electron chi connectivity index (χ4n) is 2.02. The van der Waals surface area contributed by atoms with Crippen LogP contribution >= 0.6 is 23.2 Å². The Bertz CT molecular complexity index is 660. The molecular formula is C16H14Cl2O. The fourth-order valence-corrected chi connectivity index (χ4v) is 2.52. The number of hydrogen-bond donors (Lipinski definition) is 0. The molecule has 2 rings (SSSR count). The summed E-state index contributed by atoms with van der Waals surface area (Å²) < 4.78 is 0. The predicted molar refractivity (Wildman–Crippen MR) is 80.5 cm³/mol. The van der Waals surface area contributed by atoms with Crippen molar-refractivity contribution in [1.29, 1.82) is 0 Å². The quantitative estimate of drug-likeness (QED) is 0.700. The van der Waals surface area contributed by atoms with Gasteiger partial charge in [0.2, 0.25) is 0 Å². The van der Waals surface area contributed by atoms with Crippen LogP contribution in [0.15, 0.2) is 30.3 Å². The van der Waals surface area contributed by atoms with Crippen molar-refractivity contribution >= 4 is 29.0 Å². The van der Waals surface area contributed by atoms with Gasteiger partial charge in [-0.1, -0.05) is 29.3 Å². The van der Waals surface area contributed by atoms with Gasteiger partial charge in [-0.2, -0.15) is 0 Å². The zero-order valence-corrected chi connectivity index (χ0v) is 12.6. The second-order valence-corrected chi connectivity index (χ2v) is 5.55. The highest BCUT2D eigenvalue weighted by atomic mass is 35.5. The Labute approximate surface area is 123 Å². The van der Waals surface area contributed by atoms with E-state index in [9.17, 15) is 4.79 Å². The molecule has 0 saturated carbocycles. The van der Waals surface area contributed by atoms with Gasteiger partial charge in [0.1, 0.15) is 0 Å². The van der Waals surface area contributed by atoms with Crippen LogP contribution in [0.5, 0.6) is 0 Å². The molecule has 0 heterocycles. The average Bonchev–Trinajstić information content (AvgIpc) is 2.33. The molecule has 2 aromatic carbocycles. The van der Waals surface area contributed by atoms with Crippen molar-refractivity contribution < 1.29 is 4.79 Å². The standard InChI is InChI=1S/C16H14Cl2O/c1-9-6-11(3)14(7-10(9)2)16(19)13-5-4-12(17)8-15(13)18/h4-8H,1-3H3. The highest BCUT2D eigenvalue weighted by molar-refractivity contribution is 6.37. The maximum atomic E-state index is 12.5. The van der Waals surface area contributed by atoms with E-state index in [0.29, 0.717) is 21.2 Å². The van der Waals surface area contributed by atoms with E-state index in [4.69, 9.17) is 23.2 Å². The molecule has 3 heteroatoms. The van der Waals surface area contributed by atoms with Crippen LogP contribution in [0.1, 0.15) is 32.6 Å². The Morgan fingerprint density at radius 1 is 0.842 bits per heavy atom. The second-order valence-electron chi connectivity index (χ2n) is 4.70. The van der Waals surface area contributed by atoms with Crippen LogP contribution in [0.4, 0.5) is 0 Å². The van der Waals surface area contributed by atoms with E-state index in [2.05, 4.69) is 0 Å². The summed E-state index contributed by atoms with van der Waals surface area (Å²) >= 11 is 11.9. The first-order chi connectivity index (χ1) is 8.90. The van der Waals surface area contributed by atoms with E-state index in [0.717, 1.165) is 11.1 Å². The van der Waals surface area contributed by atoms with Crippen LogP contribution in [0.2, 0.25) is 10.0 Å². The lowest BCUT2D eigenvalue weighted by Gasteiger charge is -2.10. The zero-order valence-electron chi connectivity index (χ0n) is 11.1. The second kappa shape index (κ2) is 5.36. The Hall–Kier alpha value is -1.31. The predicted octanol–water partition coefficient (Wildman–Crippen LogP) is 5.15. The summed E-state index contributed by atoms with van der Waals surface area (Å²) in [6.45, 7) is 5.96. The molecule has 0 aliphatic rings. The number of hydrogen-bond acceptors (Lipinski definition) is 1. The number of carbonyl (C=O) groups excluding carboxylic acids is 1. The third-order valence-corrected chi connectivity index (χ3v) is 3.81. The third kappa shape index (κ3) is 2.83. The van der Waals surface area contributed by atoms with Crippen LogP contribution in [-0.2, 0) is 0 Å². The van der Waals surface area contributed by atoms with Crippen molar-refractivity contribution in [1.82, 2.24) is 0 Å². The summed E-state index contributed by atoms with van der Waals surface area (Å²) in [6, 6.07) is 8.87. The Kier molecular flexibility index (Phi) is 3.98. The van der Waals surface area contributed by atoms with E-state index in [1.165, 1.54) is 5.56 Å². The van der Waals surface area contributed by atoms with Crippen molar-refractivity contribution in [2.45, 2.75) is 20.8 Å². The minimum atomic E-state index is -0.0673. The lowest BCUT2D eigenvalue weighted by Crippen LogP contribution is -2.05. The zero-order chi connectivity index (χ0) is 14.2. The van der Waals surface area contributed by atoms with Gasteiger partial charge in [0.25, 0.3) is 0 Å². The molecule has 0 N–H and O–H groups in total. The van der Waals surface area contributed by atoms with E-state index < -0.39 is 0 Å². The van der Waals surface area contributed by atoms with Crippen LogP contribution in [0.3, 0.4) is 0 Å². The van der Waals surface area contributed by atoms with Gasteiger partial charge < -0.3 is 0 Å². The lowest BCUT2D eigenvalue weighted by atomic mass is 9.95. The molecule has 1 nitrogen and oxygen atoms in total. The van der Waals surface area contributed by atoms with Crippen molar-refractivity contribution in [3.63, 3.8) is 0 Å². The number of ketones is 1. The number of halogens is 2. The normalized spacial score (nSPS) is 10.6. The van der Waals surface area contributed by atoms with Crippen LogP contribution in [-0.4, -0.2) is 5.78 Å². The fraction of sp³-hybridized carbons (Fsp3) is 0.188. The number of rotatable bonds is 2. The third-order valence-electron chi connectivity index (χ3n) is 3.26. The minimum Gasteiger partial charge on any atom is -0.289 e. The number of carbonyl (C=O) groups is 1. The monoisotopic (exact) mass is 292 g/mol. The minimum absolute atomic E-state index is 0.0673. The van der Waals surface area contributed by atoms with E-state index >= 15 is 0 Å². The molecule has 0 bridgehead atoms. The largest absolute Gasteiger partial charge is 0.289 e. The molecule has 98 valence electrons. The smallest absolute Gasteiger partial charge is 0.194 e. The molecule has 0 fully saturated rings. The molecule has 0 saturated heterocycles. The molecule has 0 aromatic heterocycles. The summed E-state index contributed by atoms with van der Waals surface area (Å²) in [5.74, 6) is -0.0673. The van der Waals surface area contributed by atoms with Gasteiger partial charge in [-0.15, -0.1) is 0 Å². The van der Waals surface area contributed by atoms with Gasteiger partial charge >= 0.3 is 0 Å². The average molecular weight is 293 g/mol. The molecule has 0 spiro atoms. The maximum absolute atomic E-state index is 12.5. The summed E-state index contributed by atoms with van der Waals surface area (Å²) in [5.41, 5.74) is 4.40. The first kappa shape index (κ1) is 14.1. The van der Waals surface area contributed by atoms with Gasteiger partial charge in [-0.25, -0.2) is 0 Å². The lowest BCUT2D eigenvalue weighted by molar-refractivity contribution is 0.103. The molecule has 0 radical (unpaired) electrons. The topological polar surface area (TPSA) is 17.1 Å². The molecule has 19 heavy (non-hydrogen) atoms. The molecular weight excluding hydrogens is 279 g/mol. The number of benzene rings is 2. The Morgan fingerprint density at radius 2 is 1.47 bits per heavy atom. The first-order valence-electron chi connectivity index (χ1n) is 5.97. The molecule has 0 aliphatic heterocycles. The summed E-state index contributed by atoms with van der Waals surface area (Å²) in [7, 11) is 0. The van der Waals surface area contributed by atoms with Crippen molar-refractivity contribution in [2.75, 3.05) is 0 Å². The molecule has 0 aliphatic carbocycles. The van der Waals surface area contributed by atoms with Gasteiger partial charge in [0, 0.05) is 16.1 Å². The van der Waals surface area contributed by atoms with Crippen molar-refractivity contribution in [3.8, 4) is 0 Å². The Morgan fingerprint density at radius 3 is 2.11 bits per heavy atom. The van der Waals surface area contributed by atoms with Gasteiger partial charge in [-0.3, -0.25) is 4.79 Å². The van der Waals surface area contributed by atoms with Gasteiger partial charge in [0.15, 0.2) is 5.78 Å². The van der Waals surface area contributed by atoms with Crippen LogP contribution in [0.25, 0.3) is 0 Å². The van der Waals surface area contributed by atoms with Crippen LogP contribution < -0.4 is 0 Å². The highest BCUT2D eigenvalue weighted by Gasteiger charge is 2.16. The summed E-state index contributed by atoms with van der Waals surface area (Å²) in [6.07, 6.45) is 0. The summed E-state index contributed by atoms with van der Waals surface area (Å²) in [4.78, 5) is 12.5. The maximum Gasteiger partial charge on any atom is 0.194 e. The van der Waals surface area contributed by atoms with Crippen molar-refractivity contribution in [2.24, 2.45) is 0 Å². The number of aryl methyl sites for hydroxylation is 3. The Balaban J connectivity index is 2.53. The van der Waals surface area contributed by atoms with E-state index in [1.807, 2.05) is 32.9 Å². The molecule has 0 atom stereocenters. The molecule has 2 aromatic rings. The van der Waals surface area contributed by atoms with Crippen LogP contribution in [0, 0.1) is 20.8 Å². The first-order valence-corrected chi connectivity index (χ1v) is 6.73. The highest BCUT2D eigenvalue weighted by Crippen LogP contribution is 2.25. The van der Waals surface area contributed by atoms with E-state index in [-0.39, 0.29) is 5.78 Å².